The fourth-order valence-electron chi connectivity index (χ4n) is 8.05. The lowest BCUT2D eigenvalue weighted by molar-refractivity contribution is -0.123. The molecule has 0 radical (unpaired) electrons. The van der Waals surface area contributed by atoms with E-state index in [0.29, 0.717) is 6.42 Å². The van der Waals surface area contributed by atoms with E-state index in [4.69, 9.17) is 0 Å². The van der Waals surface area contributed by atoms with Crippen molar-refractivity contribution in [2.24, 2.45) is 0 Å². The van der Waals surface area contributed by atoms with Crippen molar-refractivity contribution in [2.75, 3.05) is 6.61 Å². The number of aliphatic hydroxyl groups excluding tert-OH is 2. The Morgan fingerprint density at radius 3 is 1.10 bits per heavy atom. The molecule has 0 aliphatic rings. The minimum absolute atomic E-state index is 0.0766. The first-order valence-corrected chi connectivity index (χ1v) is 27.0. The van der Waals surface area contributed by atoms with Gasteiger partial charge in [0.15, 0.2) is 0 Å². The Labute approximate surface area is 381 Å². The van der Waals surface area contributed by atoms with Crippen molar-refractivity contribution in [3.05, 3.63) is 60.8 Å². The van der Waals surface area contributed by atoms with Crippen molar-refractivity contribution in [3.63, 3.8) is 0 Å². The molecule has 0 rings (SSSR count). The number of carbonyl (C=O) groups excluding carboxylic acids is 1. The summed E-state index contributed by atoms with van der Waals surface area (Å²) >= 11 is 0. The lowest BCUT2D eigenvalue weighted by Crippen LogP contribution is -2.45. The first-order valence-electron chi connectivity index (χ1n) is 27.0. The molecule has 0 saturated heterocycles. The molecule has 0 saturated carbocycles. The number of aliphatic hydroxyl groups is 2. The smallest absolute Gasteiger partial charge is 0.220 e. The van der Waals surface area contributed by atoms with Crippen LogP contribution in [0.1, 0.15) is 277 Å². The Kier molecular flexibility index (Phi) is 50.8. The highest BCUT2D eigenvalue weighted by atomic mass is 16.3. The minimum atomic E-state index is -0.868. The molecular formula is C57H105NO3. The molecule has 0 aromatic rings. The first kappa shape index (κ1) is 59.1. The van der Waals surface area contributed by atoms with E-state index in [9.17, 15) is 15.0 Å². The van der Waals surface area contributed by atoms with Crippen LogP contribution in [-0.4, -0.2) is 34.9 Å². The average Bonchev–Trinajstić information content (AvgIpc) is 3.26. The maximum Gasteiger partial charge on any atom is 0.220 e. The average molecular weight is 852 g/mol. The molecular weight excluding hydrogens is 747 g/mol. The summed E-state index contributed by atoms with van der Waals surface area (Å²) in [6.45, 7) is 4.24. The zero-order valence-corrected chi connectivity index (χ0v) is 40.9. The predicted molar refractivity (Wildman–Crippen MR) is 271 cm³/mol. The molecule has 0 spiro atoms. The number of allylic oxidation sites excluding steroid dienone is 9. The molecule has 0 heterocycles. The summed E-state index contributed by atoms with van der Waals surface area (Å²) in [6, 6.07) is -0.644. The lowest BCUT2D eigenvalue weighted by atomic mass is 10.0. The van der Waals surface area contributed by atoms with Crippen LogP contribution in [-0.2, 0) is 4.79 Å². The molecule has 0 aliphatic carbocycles. The lowest BCUT2D eigenvalue weighted by Gasteiger charge is -2.19. The summed E-state index contributed by atoms with van der Waals surface area (Å²) in [4.78, 5) is 12.4. The topological polar surface area (TPSA) is 69.6 Å². The largest absolute Gasteiger partial charge is 0.394 e. The Hall–Kier alpha value is -1.91. The third-order valence-corrected chi connectivity index (χ3v) is 12.2. The van der Waals surface area contributed by atoms with E-state index in [1.165, 1.54) is 212 Å². The van der Waals surface area contributed by atoms with Crippen molar-refractivity contribution >= 4 is 5.91 Å². The van der Waals surface area contributed by atoms with Gasteiger partial charge in [-0.2, -0.15) is 0 Å². The number of hydrogen-bond donors (Lipinski definition) is 3. The van der Waals surface area contributed by atoms with Gasteiger partial charge in [0.25, 0.3) is 0 Å². The minimum Gasteiger partial charge on any atom is -0.394 e. The molecule has 2 atom stereocenters. The van der Waals surface area contributed by atoms with Crippen molar-refractivity contribution in [3.8, 4) is 0 Å². The molecule has 0 aromatic carbocycles. The molecule has 61 heavy (non-hydrogen) atoms. The molecule has 1 amide bonds. The highest BCUT2D eigenvalue weighted by molar-refractivity contribution is 5.76. The number of unbranched alkanes of at least 4 members (excludes halogenated alkanes) is 34. The Morgan fingerprint density at radius 1 is 0.393 bits per heavy atom. The molecule has 0 aromatic heterocycles. The van der Waals surface area contributed by atoms with E-state index < -0.39 is 12.1 Å². The van der Waals surface area contributed by atoms with E-state index in [0.717, 1.165) is 44.9 Å². The van der Waals surface area contributed by atoms with Crippen LogP contribution in [0.4, 0.5) is 0 Å². The maximum absolute atomic E-state index is 12.4. The van der Waals surface area contributed by atoms with E-state index in [1.807, 2.05) is 6.08 Å². The number of carbonyl (C=O) groups is 1. The first-order chi connectivity index (χ1) is 30.2. The Bertz CT molecular complexity index is 1010. The van der Waals surface area contributed by atoms with E-state index >= 15 is 0 Å². The van der Waals surface area contributed by atoms with Gasteiger partial charge in [0, 0.05) is 6.42 Å². The van der Waals surface area contributed by atoms with Crippen LogP contribution < -0.4 is 5.32 Å². The molecule has 356 valence electrons. The summed E-state index contributed by atoms with van der Waals surface area (Å²) in [5.74, 6) is -0.0766. The predicted octanol–water partition coefficient (Wildman–Crippen LogP) is 17.6. The van der Waals surface area contributed by atoms with Gasteiger partial charge < -0.3 is 15.5 Å². The second-order valence-electron chi connectivity index (χ2n) is 18.3. The number of nitrogens with one attached hydrogen (secondary N) is 1. The van der Waals surface area contributed by atoms with Crippen molar-refractivity contribution in [1.29, 1.82) is 0 Å². The van der Waals surface area contributed by atoms with Gasteiger partial charge in [-0.25, -0.2) is 0 Å². The van der Waals surface area contributed by atoms with E-state index in [-0.39, 0.29) is 12.5 Å². The van der Waals surface area contributed by atoms with E-state index in [1.54, 1.807) is 6.08 Å². The quantitative estimate of drug-likeness (QED) is 0.0422. The van der Waals surface area contributed by atoms with Crippen LogP contribution in [0.15, 0.2) is 60.8 Å². The van der Waals surface area contributed by atoms with Crippen LogP contribution in [0.3, 0.4) is 0 Å². The van der Waals surface area contributed by atoms with Crippen LogP contribution in [0.2, 0.25) is 0 Å². The zero-order valence-electron chi connectivity index (χ0n) is 40.9. The highest BCUT2D eigenvalue weighted by Crippen LogP contribution is 2.17. The van der Waals surface area contributed by atoms with Crippen LogP contribution in [0.25, 0.3) is 0 Å². The summed E-state index contributed by atoms with van der Waals surface area (Å²) in [5, 5.41) is 23.0. The molecule has 3 N–H and O–H groups in total. The second kappa shape index (κ2) is 52.4. The highest BCUT2D eigenvalue weighted by Gasteiger charge is 2.17. The van der Waals surface area contributed by atoms with Gasteiger partial charge in [-0.15, -0.1) is 0 Å². The Morgan fingerprint density at radius 2 is 0.705 bits per heavy atom. The number of hydrogen-bond acceptors (Lipinski definition) is 3. The molecule has 2 unspecified atom stereocenters. The van der Waals surface area contributed by atoms with Gasteiger partial charge >= 0.3 is 0 Å². The van der Waals surface area contributed by atoms with Crippen LogP contribution in [0.5, 0.6) is 0 Å². The van der Waals surface area contributed by atoms with Gasteiger partial charge in [-0.1, -0.05) is 261 Å². The fraction of sp³-hybridized carbons (Fsp3) is 0.807. The van der Waals surface area contributed by atoms with Gasteiger partial charge in [-0.05, 0) is 70.6 Å². The third kappa shape index (κ3) is 49.0. The normalized spacial score (nSPS) is 13.3. The second-order valence-corrected chi connectivity index (χ2v) is 18.3. The number of amides is 1. The van der Waals surface area contributed by atoms with Gasteiger partial charge in [0.2, 0.25) is 5.91 Å². The van der Waals surface area contributed by atoms with Crippen molar-refractivity contribution < 1.29 is 15.0 Å². The van der Waals surface area contributed by atoms with Crippen LogP contribution >= 0.6 is 0 Å². The van der Waals surface area contributed by atoms with E-state index in [2.05, 4.69) is 67.8 Å². The van der Waals surface area contributed by atoms with Crippen molar-refractivity contribution in [1.82, 2.24) is 5.32 Å². The monoisotopic (exact) mass is 852 g/mol. The fourth-order valence-corrected chi connectivity index (χ4v) is 8.05. The molecule has 4 nitrogen and oxygen atoms in total. The summed E-state index contributed by atoms with van der Waals surface area (Å²) in [7, 11) is 0. The summed E-state index contributed by atoms with van der Waals surface area (Å²) in [5.41, 5.74) is 0. The number of rotatable bonds is 49. The molecule has 0 bridgehead atoms. The zero-order chi connectivity index (χ0) is 44.2. The summed E-state index contributed by atoms with van der Waals surface area (Å²) in [6.07, 6.45) is 73.9. The van der Waals surface area contributed by atoms with Gasteiger partial charge in [-0.3, -0.25) is 4.79 Å². The molecule has 4 heteroatoms. The SMILES string of the molecule is CCCC/C=C/CC/C=C/CC/C=C/C(O)C(CO)NC(=O)CCCCCCCCCCCCCCCCCCCCCCCCCCC/C=C\C/C=C\CCCCCCC. The van der Waals surface area contributed by atoms with Gasteiger partial charge in [0.1, 0.15) is 0 Å². The Balaban J connectivity index is 3.41. The third-order valence-electron chi connectivity index (χ3n) is 12.2. The summed E-state index contributed by atoms with van der Waals surface area (Å²) < 4.78 is 0. The standard InChI is InChI=1S/C57H105NO3/c1-3-5-7-9-11-13-15-17-18-19-20-21-22-23-24-25-26-27-28-29-30-31-32-33-34-35-36-37-38-39-40-41-43-45-47-49-51-53-57(61)58-55(54-59)56(60)52-50-48-46-44-42-16-14-12-10-8-6-4-2/h10,12,15,17,19-20,42,44,50,52,55-56,59-60H,3-9,11,13-14,16,18,21-41,43,45-49,51,53-54H2,1-2H3,(H,58,61)/b12-10+,17-15-,20-19-,44-42+,52-50+. The maximum atomic E-state index is 12.4. The molecule has 0 fully saturated rings. The van der Waals surface area contributed by atoms with Crippen LogP contribution in [0, 0.1) is 0 Å². The van der Waals surface area contributed by atoms with Crippen molar-refractivity contribution in [2.45, 2.75) is 289 Å². The molecule has 0 aliphatic heterocycles. The van der Waals surface area contributed by atoms with Gasteiger partial charge in [0.05, 0.1) is 18.8 Å².